The second kappa shape index (κ2) is 6.63. The van der Waals surface area contributed by atoms with Crippen LogP contribution in [-0.4, -0.2) is 7.11 Å². The molecule has 0 bridgehead atoms. The predicted octanol–water partition coefficient (Wildman–Crippen LogP) is 4.46. The van der Waals surface area contributed by atoms with E-state index in [0.29, 0.717) is 6.61 Å². The number of alkyl halides is 3. The van der Waals surface area contributed by atoms with E-state index >= 15 is 0 Å². The molecule has 0 heterocycles. The van der Waals surface area contributed by atoms with Crippen LogP contribution in [0.1, 0.15) is 16.7 Å². The zero-order valence-corrected chi connectivity index (χ0v) is 11.6. The van der Waals surface area contributed by atoms with E-state index < -0.39 is 11.7 Å². The second-order valence-corrected chi connectivity index (χ2v) is 4.60. The number of hydrogen-bond acceptors (Lipinski definition) is 2. The molecule has 0 aliphatic heterocycles. The molecule has 0 amide bonds. The number of ether oxygens (including phenoxy) is 1. The Labute approximate surface area is 121 Å². The second-order valence-electron chi connectivity index (χ2n) is 4.60. The van der Waals surface area contributed by atoms with Gasteiger partial charge in [0.25, 0.3) is 0 Å². The third-order valence-corrected chi connectivity index (χ3v) is 3.11. The summed E-state index contributed by atoms with van der Waals surface area (Å²) in [4.78, 5) is 0. The van der Waals surface area contributed by atoms with Crippen molar-refractivity contribution in [1.82, 2.24) is 0 Å². The van der Waals surface area contributed by atoms with Gasteiger partial charge < -0.3 is 10.1 Å². The molecule has 0 radical (unpaired) electrons. The van der Waals surface area contributed by atoms with E-state index in [4.69, 9.17) is 4.74 Å². The Bertz CT molecular complexity index is 596. The molecule has 0 saturated heterocycles. The lowest BCUT2D eigenvalue weighted by Crippen LogP contribution is -2.12. The fraction of sp³-hybridized carbons (Fsp3) is 0.250. The van der Waals surface area contributed by atoms with Gasteiger partial charge in [-0.1, -0.05) is 36.4 Å². The van der Waals surface area contributed by atoms with Crippen LogP contribution in [0.2, 0.25) is 0 Å². The summed E-state index contributed by atoms with van der Waals surface area (Å²) in [5.41, 5.74) is 1.29. The average Bonchev–Trinajstić information content (AvgIpc) is 2.46. The van der Waals surface area contributed by atoms with Gasteiger partial charge in [0.2, 0.25) is 0 Å². The van der Waals surface area contributed by atoms with Crippen molar-refractivity contribution in [2.75, 3.05) is 12.4 Å². The fourth-order valence-corrected chi connectivity index (χ4v) is 2.12. The summed E-state index contributed by atoms with van der Waals surface area (Å²) >= 11 is 0. The van der Waals surface area contributed by atoms with E-state index in [1.54, 1.807) is 13.2 Å². The Morgan fingerprint density at radius 3 is 2.24 bits per heavy atom. The van der Waals surface area contributed by atoms with E-state index in [1.165, 1.54) is 12.1 Å². The molecule has 0 saturated carbocycles. The first-order valence-electron chi connectivity index (χ1n) is 6.48. The Hall–Kier alpha value is -2.01. The maximum atomic E-state index is 12.9. The van der Waals surface area contributed by atoms with Crippen LogP contribution in [0.25, 0.3) is 0 Å². The van der Waals surface area contributed by atoms with Gasteiger partial charge in [0.1, 0.15) is 0 Å². The van der Waals surface area contributed by atoms with Crippen LogP contribution < -0.4 is 5.32 Å². The van der Waals surface area contributed by atoms with Crippen LogP contribution in [0.4, 0.5) is 18.9 Å². The molecule has 1 N–H and O–H groups in total. The lowest BCUT2D eigenvalue weighted by Gasteiger charge is -2.15. The quantitative estimate of drug-likeness (QED) is 0.879. The minimum absolute atomic E-state index is 0.108. The Morgan fingerprint density at radius 1 is 0.952 bits per heavy atom. The fourth-order valence-electron chi connectivity index (χ4n) is 2.12. The summed E-state index contributed by atoms with van der Waals surface area (Å²) in [6.45, 7) is 0.514. The summed E-state index contributed by atoms with van der Waals surface area (Å²) in [5, 5.41) is 3.05. The standard InChI is InChI=1S/C16H16F3NO/c1-21-11-13-7-3-5-9-15(13)20-10-12-6-2-4-8-14(12)16(17,18)19/h2-9,20H,10-11H2,1H3. The number of rotatable bonds is 5. The highest BCUT2D eigenvalue weighted by atomic mass is 19.4. The first kappa shape index (κ1) is 15.4. The zero-order valence-electron chi connectivity index (χ0n) is 11.6. The molecular weight excluding hydrogens is 279 g/mol. The summed E-state index contributed by atoms with van der Waals surface area (Å²) in [6, 6.07) is 13.0. The van der Waals surface area contributed by atoms with Crippen molar-refractivity contribution in [3.05, 3.63) is 65.2 Å². The SMILES string of the molecule is COCc1ccccc1NCc1ccccc1C(F)(F)F. The number of nitrogens with one attached hydrogen (secondary N) is 1. The molecule has 0 aromatic heterocycles. The number of para-hydroxylation sites is 1. The van der Waals surface area contributed by atoms with E-state index in [1.807, 2.05) is 24.3 Å². The highest BCUT2D eigenvalue weighted by Crippen LogP contribution is 2.32. The molecular formula is C16H16F3NO. The van der Waals surface area contributed by atoms with Gasteiger partial charge in [0.15, 0.2) is 0 Å². The van der Waals surface area contributed by atoms with Crippen molar-refractivity contribution in [3.63, 3.8) is 0 Å². The first-order chi connectivity index (χ1) is 10.0. The molecule has 0 aliphatic rings. The molecule has 0 aliphatic carbocycles. The monoisotopic (exact) mass is 295 g/mol. The predicted molar refractivity (Wildman–Crippen MR) is 75.9 cm³/mol. The Morgan fingerprint density at radius 2 is 1.57 bits per heavy atom. The highest BCUT2D eigenvalue weighted by Gasteiger charge is 2.32. The van der Waals surface area contributed by atoms with E-state index in [2.05, 4.69) is 5.32 Å². The van der Waals surface area contributed by atoms with Crippen molar-refractivity contribution in [2.24, 2.45) is 0 Å². The molecule has 0 atom stereocenters. The van der Waals surface area contributed by atoms with Gasteiger partial charge in [-0.2, -0.15) is 13.2 Å². The van der Waals surface area contributed by atoms with Crippen molar-refractivity contribution in [2.45, 2.75) is 19.3 Å². The Balaban J connectivity index is 2.18. The summed E-state index contributed by atoms with van der Waals surface area (Å²) in [7, 11) is 1.58. The summed E-state index contributed by atoms with van der Waals surface area (Å²) < 4.78 is 43.9. The van der Waals surface area contributed by atoms with Crippen LogP contribution in [0.15, 0.2) is 48.5 Å². The molecule has 2 aromatic rings. The number of methoxy groups -OCH3 is 1. The third-order valence-electron chi connectivity index (χ3n) is 3.11. The van der Waals surface area contributed by atoms with Crippen molar-refractivity contribution < 1.29 is 17.9 Å². The minimum Gasteiger partial charge on any atom is -0.381 e. The zero-order chi connectivity index (χ0) is 15.3. The molecule has 2 rings (SSSR count). The summed E-state index contributed by atoms with van der Waals surface area (Å²) in [5.74, 6) is 0. The normalized spacial score (nSPS) is 11.4. The Kier molecular flexibility index (Phi) is 4.85. The molecule has 5 heteroatoms. The average molecular weight is 295 g/mol. The van der Waals surface area contributed by atoms with Crippen molar-refractivity contribution in [3.8, 4) is 0 Å². The van der Waals surface area contributed by atoms with Crippen LogP contribution in [-0.2, 0) is 24.1 Å². The molecule has 0 unspecified atom stereocenters. The van der Waals surface area contributed by atoms with Crippen LogP contribution in [0.3, 0.4) is 0 Å². The molecule has 2 nitrogen and oxygen atoms in total. The maximum Gasteiger partial charge on any atom is 0.416 e. The molecule has 0 fully saturated rings. The van der Waals surface area contributed by atoms with Gasteiger partial charge in [0.05, 0.1) is 12.2 Å². The van der Waals surface area contributed by atoms with Gasteiger partial charge in [-0.25, -0.2) is 0 Å². The molecule has 0 spiro atoms. The lowest BCUT2D eigenvalue weighted by molar-refractivity contribution is -0.138. The molecule has 112 valence electrons. The number of hydrogen-bond donors (Lipinski definition) is 1. The highest BCUT2D eigenvalue weighted by molar-refractivity contribution is 5.51. The molecule has 2 aromatic carbocycles. The van der Waals surface area contributed by atoms with Crippen molar-refractivity contribution in [1.29, 1.82) is 0 Å². The number of anilines is 1. The third kappa shape index (κ3) is 3.98. The van der Waals surface area contributed by atoms with Crippen molar-refractivity contribution >= 4 is 5.69 Å². The van der Waals surface area contributed by atoms with Gasteiger partial charge >= 0.3 is 6.18 Å². The lowest BCUT2D eigenvalue weighted by atomic mass is 10.1. The molecule has 21 heavy (non-hydrogen) atoms. The number of benzene rings is 2. The van der Waals surface area contributed by atoms with Gasteiger partial charge in [-0.3, -0.25) is 0 Å². The van der Waals surface area contributed by atoms with Crippen LogP contribution >= 0.6 is 0 Å². The van der Waals surface area contributed by atoms with E-state index in [-0.39, 0.29) is 12.1 Å². The first-order valence-corrected chi connectivity index (χ1v) is 6.48. The van der Waals surface area contributed by atoms with Gasteiger partial charge in [-0.15, -0.1) is 0 Å². The van der Waals surface area contributed by atoms with Gasteiger partial charge in [-0.05, 0) is 17.7 Å². The summed E-state index contributed by atoms with van der Waals surface area (Å²) in [6.07, 6.45) is -4.34. The van der Waals surface area contributed by atoms with Crippen LogP contribution in [0, 0.1) is 0 Å². The maximum absolute atomic E-state index is 12.9. The van der Waals surface area contributed by atoms with E-state index in [9.17, 15) is 13.2 Å². The topological polar surface area (TPSA) is 21.3 Å². The number of halogens is 3. The minimum atomic E-state index is -4.34. The smallest absolute Gasteiger partial charge is 0.381 e. The van der Waals surface area contributed by atoms with Gasteiger partial charge in [0, 0.05) is 24.9 Å². The largest absolute Gasteiger partial charge is 0.416 e. The van der Waals surface area contributed by atoms with E-state index in [0.717, 1.165) is 17.3 Å². The van der Waals surface area contributed by atoms with Crippen LogP contribution in [0.5, 0.6) is 0 Å².